The Bertz CT molecular complexity index is 1450. The average Bonchev–Trinajstić information content (AvgIpc) is 3.49. The normalized spacial score (nSPS) is 11.2. The number of hydrogen-bond acceptors (Lipinski definition) is 6. The van der Waals surface area contributed by atoms with Crippen LogP contribution in [0.4, 0.5) is 19.0 Å². The van der Waals surface area contributed by atoms with Crippen molar-refractivity contribution in [1.82, 2.24) is 25.1 Å². The summed E-state index contributed by atoms with van der Waals surface area (Å²) in [4.78, 5) is 32.2. The van der Waals surface area contributed by atoms with Crippen LogP contribution in [0.15, 0.2) is 36.7 Å². The largest absolute Gasteiger partial charge is 0.496 e. The van der Waals surface area contributed by atoms with Gasteiger partial charge in [-0.05, 0) is 24.3 Å². The van der Waals surface area contributed by atoms with Gasteiger partial charge in [0.1, 0.15) is 48.0 Å². The number of alkyl halides is 2. The van der Waals surface area contributed by atoms with Crippen molar-refractivity contribution in [2.24, 2.45) is 5.73 Å². The summed E-state index contributed by atoms with van der Waals surface area (Å²) in [5.41, 5.74) is 12.6. The van der Waals surface area contributed by atoms with E-state index in [1.165, 1.54) is 25.4 Å². The maximum Gasteiger partial charge on any atom is 0.255 e. The number of benzene rings is 1. The summed E-state index contributed by atoms with van der Waals surface area (Å²) in [6, 6.07) is 3.94. The first-order valence-corrected chi connectivity index (χ1v) is 10.7. The third kappa shape index (κ3) is 4.30. The van der Waals surface area contributed by atoms with Gasteiger partial charge in [-0.2, -0.15) is 5.10 Å². The molecule has 0 fully saturated rings. The monoisotopic (exact) mass is 501 g/mol. The highest BCUT2D eigenvalue weighted by atomic mass is 19.1. The molecular weight excluding hydrogens is 479 g/mol. The molecule has 0 bridgehead atoms. The van der Waals surface area contributed by atoms with E-state index in [0.717, 1.165) is 10.7 Å². The van der Waals surface area contributed by atoms with Crippen LogP contribution in [0.2, 0.25) is 0 Å². The molecule has 0 saturated carbocycles. The summed E-state index contributed by atoms with van der Waals surface area (Å²) in [7, 11) is 1.37. The molecule has 4 aromatic rings. The third-order valence-electron chi connectivity index (χ3n) is 5.65. The topological polar surface area (TPSA) is 154 Å². The fourth-order valence-electron chi connectivity index (χ4n) is 3.88. The first-order valence-electron chi connectivity index (χ1n) is 10.7. The fourth-order valence-corrected chi connectivity index (χ4v) is 3.88. The van der Waals surface area contributed by atoms with Crippen LogP contribution in [0.3, 0.4) is 0 Å². The zero-order valence-electron chi connectivity index (χ0n) is 19.0. The number of nitrogens with one attached hydrogen (secondary N) is 2. The number of rotatable bonds is 9. The lowest BCUT2D eigenvalue weighted by Gasteiger charge is -2.11. The van der Waals surface area contributed by atoms with E-state index in [4.69, 9.17) is 16.2 Å². The van der Waals surface area contributed by atoms with Crippen LogP contribution >= 0.6 is 0 Å². The number of H-pyrrole nitrogens is 1. The van der Waals surface area contributed by atoms with Crippen molar-refractivity contribution in [1.29, 1.82) is 0 Å². The zero-order chi connectivity index (χ0) is 26.0. The molecule has 0 spiro atoms. The van der Waals surface area contributed by atoms with Gasteiger partial charge in [0.15, 0.2) is 0 Å². The molecule has 3 aromatic heterocycles. The molecule has 188 valence electrons. The minimum atomic E-state index is -1.32. The summed E-state index contributed by atoms with van der Waals surface area (Å²) in [5, 5.41) is 7.39. The van der Waals surface area contributed by atoms with Crippen LogP contribution in [0.1, 0.15) is 32.5 Å². The molecule has 0 aliphatic heterocycles. The van der Waals surface area contributed by atoms with Gasteiger partial charge in [0.25, 0.3) is 11.8 Å². The van der Waals surface area contributed by atoms with Crippen molar-refractivity contribution in [3.05, 3.63) is 59.3 Å². The highest BCUT2D eigenvalue weighted by molar-refractivity contribution is 6.07. The Hall–Kier alpha value is -4.55. The predicted molar refractivity (Wildman–Crippen MR) is 125 cm³/mol. The van der Waals surface area contributed by atoms with E-state index in [-0.39, 0.29) is 34.9 Å². The Labute approximate surface area is 202 Å². The van der Waals surface area contributed by atoms with Gasteiger partial charge >= 0.3 is 0 Å². The molecule has 0 saturated heterocycles. The molecule has 4 rings (SSSR count). The van der Waals surface area contributed by atoms with E-state index in [1.54, 1.807) is 12.3 Å². The van der Waals surface area contributed by atoms with Crippen LogP contribution < -0.4 is 21.5 Å². The van der Waals surface area contributed by atoms with E-state index < -0.39 is 37.0 Å². The number of pyridine rings is 1. The number of halogens is 3. The van der Waals surface area contributed by atoms with Gasteiger partial charge in [-0.3, -0.25) is 14.6 Å². The molecule has 0 aliphatic rings. The number of primary amides is 1. The first kappa shape index (κ1) is 24.6. The Kier molecular flexibility index (Phi) is 6.81. The molecule has 0 unspecified atom stereocenters. The molecule has 0 radical (unpaired) electrons. The fraction of sp³-hybridized carbons (Fsp3) is 0.217. The van der Waals surface area contributed by atoms with E-state index in [1.807, 2.05) is 0 Å². The molecule has 2 amide bonds. The second-order valence-electron chi connectivity index (χ2n) is 7.79. The van der Waals surface area contributed by atoms with Crippen LogP contribution in [0, 0.1) is 5.82 Å². The lowest BCUT2D eigenvalue weighted by molar-refractivity contribution is 0.0945. The van der Waals surface area contributed by atoms with E-state index >= 15 is 0 Å². The highest BCUT2D eigenvalue weighted by Gasteiger charge is 2.27. The Morgan fingerprint density at radius 2 is 2.00 bits per heavy atom. The van der Waals surface area contributed by atoms with Crippen molar-refractivity contribution < 1.29 is 27.5 Å². The van der Waals surface area contributed by atoms with Crippen LogP contribution in [-0.2, 0) is 6.54 Å². The minimum Gasteiger partial charge on any atom is -0.496 e. The predicted octanol–water partition coefficient (Wildman–Crippen LogP) is 2.67. The number of anilines is 1. The number of ether oxygens (including phenoxy) is 1. The van der Waals surface area contributed by atoms with E-state index in [2.05, 4.69) is 20.4 Å². The number of aromatic amines is 1. The van der Waals surface area contributed by atoms with Gasteiger partial charge in [0.2, 0.25) is 0 Å². The summed E-state index contributed by atoms with van der Waals surface area (Å²) in [6.45, 7) is -2.22. The Morgan fingerprint density at radius 1 is 1.25 bits per heavy atom. The SMILES string of the molecule is COc1ccc(F)cc1C(=O)NCc1ncc(-c2nn(C(CF)CF)c(N)c2C(N)=O)c2cc[nH]c12. The van der Waals surface area contributed by atoms with Crippen LogP contribution in [0.5, 0.6) is 5.75 Å². The number of nitrogens with two attached hydrogens (primary N) is 2. The van der Waals surface area contributed by atoms with Gasteiger partial charge < -0.3 is 26.5 Å². The number of aromatic nitrogens is 4. The lowest BCUT2D eigenvalue weighted by atomic mass is 10.0. The number of amides is 2. The zero-order valence-corrected chi connectivity index (χ0v) is 19.0. The number of methoxy groups -OCH3 is 1. The van der Waals surface area contributed by atoms with Gasteiger partial charge in [-0.15, -0.1) is 0 Å². The lowest BCUT2D eigenvalue weighted by Crippen LogP contribution is -2.24. The van der Waals surface area contributed by atoms with Gasteiger partial charge in [0, 0.05) is 23.3 Å². The second kappa shape index (κ2) is 9.98. The number of fused-ring (bicyclic) bond motifs is 1. The second-order valence-corrected chi connectivity index (χ2v) is 7.79. The maximum absolute atomic E-state index is 13.7. The van der Waals surface area contributed by atoms with Gasteiger partial charge in [0.05, 0.1) is 30.4 Å². The average molecular weight is 501 g/mol. The number of nitrogen functional groups attached to an aromatic ring is 1. The van der Waals surface area contributed by atoms with Crippen LogP contribution in [-0.4, -0.2) is 52.0 Å². The third-order valence-corrected chi connectivity index (χ3v) is 5.65. The van der Waals surface area contributed by atoms with Crippen molar-refractivity contribution in [3.8, 4) is 17.0 Å². The van der Waals surface area contributed by atoms with Crippen molar-refractivity contribution in [2.45, 2.75) is 12.6 Å². The van der Waals surface area contributed by atoms with E-state index in [9.17, 15) is 22.8 Å². The molecule has 0 aliphatic carbocycles. The molecule has 36 heavy (non-hydrogen) atoms. The summed E-state index contributed by atoms with van der Waals surface area (Å²) in [5.74, 6) is -2.16. The minimum absolute atomic E-state index is 0.0132. The molecular formula is C23H22F3N7O3. The Morgan fingerprint density at radius 3 is 2.67 bits per heavy atom. The van der Waals surface area contributed by atoms with Crippen LogP contribution in [0.25, 0.3) is 22.2 Å². The first-order chi connectivity index (χ1) is 17.3. The summed E-state index contributed by atoms with van der Waals surface area (Å²) >= 11 is 0. The molecule has 10 nitrogen and oxygen atoms in total. The summed E-state index contributed by atoms with van der Waals surface area (Å²) in [6.07, 6.45) is 2.99. The Balaban J connectivity index is 1.71. The number of carbonyl (C=O) groups excluding carboxylic acids is 2. The molecule has 13 heteroatoms. The van der Waals surface area contributed by atoms with E-state index in [0.29, 0.717) is 22.2 Å². The van der Waals surface area contributed by atoms with Crippen molar-refractivity contribution in [2.75, 3.05) is 26.2 Å². The van der Waals surface area contributed by atoms with Crippen molar-refractivity contribution in [3.63, 3.8) is 0 Å². The molecule has 3 heterocycles. The highest BCUT2D eigenvalue weighted by Crippen LogP contribution is 2.34. The smallest absolute Gasteiger partial charge is 0.255 e. The summed E-state index contributed by atoms with van der Waals surface area (Å²) < 4.78 is 46.3. The van der Waals surface area contributed by atoms with Gasteiger partial charge in [-0.25, -0.2) is 17.9 Å². The molecule has 0 atom stereocenters. The molecule has 6 N–H and O–H groups in total. The molecule has 1 aromatic carbocycles. The standard InChI is InChI=1S/C23H22F3N7O3/c1-36-17-3-2-11(26)6-14(17)23(35)31-10-16-19-13(4-5-29-19)15(9-30-16)20-18(22(28)34)21(27)33(32-20)12(7-24)8-25/h2-6,9,12,29H,7-8,10,27H2,1H3,(H2,28,34)(H,31,35). The maximum atomic E-state index is 13.7. The number of nitrogens with zero attached hydrogens (tertiary/aromatic N) is 3. The van der Waals surface area contributed by atoms with Crippen molar-refractivity contribution >= 4 is 28.5 Å². The quantitative estimate of drug-likeness (QED) is 0.277. The number of hydrogen-bond donors (Lipinski definition) is 4. The number of carbonyl (C=O) groups is 2. The van der Waals surface area contributed by atoms with Gasteiger partial charge in [-0.1, -0.05) is 0 Å².